The molecule has 3 fully saturated rings. The first-order valence-corrected chi connectivity index (χ1v) is 13.9. The zero-order valence-corrected chi connectivity index (χ0v) is 22.8. The third-order valence-corrected chi connectivity index (χ3v) is 8.10. The minimum atomic E-state index is -0.640. The van der Waals surface area contributed by atoms with E-state index in [9.17, 15) is 8.78 Å². The molecule has 5 heterocycles. The van der Waals surface area contributed by atoms with E-state index in [0.29, 0.717) is 58.8 Å². The van der Waals surface area contributed by atoms with E-state index in [1.54, 1.807) is 24.4 Å². The predicted molar refractivity (Wildman–Crippen MR) is 154 cm³/mol. The van der Waals surface area contributed by atoms with Crippen molar-refractivity contribution in [1.82, 2.24) is 25.2 Å². The van der Waals surface area contributed by atoms with E-state index >= 15 is 4.39 Å². The molecule has 2 aromatic carbocycles. The summed E-state index contributed by atoms with van der Waals surface area (Å²) in [6, 6.07) is 8.43. The van der Waals surface area contributed by atoms with Gasteiger partial charge in [-0.25, -0.2) is 13.2 Å². The Morgan fingerprint density at radius 2 is 1.90 bits per heavy atom. The zero-order valence-electron chi connectivity index (χ0n) is 22.8. The standard InChI is InChI=1S/C24H19F2N5O.C7H12FN/c1-3-14-7-8-18(25)15-5-4-6-16(19(14)15)21-20(26)22-17(13-28-21)23(30-24(29-22)32-2)31-11-9-27-10-12-31;8-6-4-7-2-1-3-9(7)5-6/h1,4-8,13,27H,9-12H2,2H3;6-7H,1-5H2. The average Bonchev–Trinajstić information content (AvgIpc) is 3.59. The molecule has 0 bridgehead atoms. The van der Waals surface area contributed by atoms with Gasteiger partial charge in [0.2, 0.25) is 0 Å². The summed E-state index contributed by atoms with van der Waals surface area (Å²) in [4.78, 5) is 17.5. The molecule has 10 heteroatoms. The maximum Gasteiger partial charge on any atom is 0.318 e. The molecule has 212 valence electrons. The van der Waals surface area contributed by atoms with Crippen molar-refractivity contribution in [1.29, 1.82) is 0 Å². The number of methoxy groups -OCH3 is 1. The number of aromatic nitrogens is 3. The number of piperazine rings is 1. The van der Waals surface area contributed by atoms with Crippen LogP contribution in [-0.4, -0.2) is 78.4 Å². The van der Waals surface area contributed by atoms with Gasteiger partial charge in [-0.2, -0.15) is 9.97 Å². The fraction of sp³-hybridized carbons (Fsp3) is 0.387. The first-order chi connectivity index (χ1) is 20.0. The summed E-state index contributed by atoms with van der Waals surface area (Å²) in [5.74, 6) is 2.05. The molecule has 0 saturated carbocycles. The van der Waals surface area contributed by atoms with E-state index in [4.69, 9.17) is 11.2 Å². The Bertz CT molecular complexity index is 1620. The number of terminal acetylenes is 1. The molecule has 7 nitrogen and oxygen atoms in total. The van der Waals surface area contributed by atoms with Crippen LogP contribution in [0.3, 0.4) is 0 Å². The number of hydrogen-bond donors (Lipinski definition) is 1. The summed E-state index contributed by atoms with van der Waals surface area (Å²) in [7, 11) is 1.44. The number of fused-ring (bicyclic) bond motifs is 3. The van der Waals surface area contributed by atoms with Crippen LogP contribution in [0.15, 0.2) is 36.5 Å². The third kappa shape index (κ3) is 5.16. The Morgan fingerprint density at radius 3 is 2.66 bits per heavy atom. The number of nitrogens with one attached hydrogen (secondary N) is 1. The van der Waals surface area contributed by atoms with Crippen LogP contribution in [0.1, 0.15) is 24.8 Å². The lowest BCUT2D eigenvalue weighted by atomic mass is 9.96. The number of alkyl halides is 1. The molecule has 41 heavy (non-hydrogen) atoms. The summed E-state index contributed by atoms with van der Waals surface area (Å²) in [6.45, 7) is 4.87. The maximum absolute atomic E-state index is 15.9. The van der Waals surface area contributed by atoms with Crippen molar-refractivity contribution in [3.8, 4) is 29.6 Å². The first-order valence-electron chi connectivity index (χ1n) is 13.9. The molecule has 0 amide bonds. The highest BCUT2D eigenvalue weighted by Crippen LogP contribution is 2.36. The number of hydrogen-bond acceptors (Lipinski definition) is 7. The second-order valence-corrected chi connectivity index (χ2v) is 10.5. The molecule has 2 aromatic heterocycles. The number of anilines is 1. The Balaban J connectivity index is 0.000000283. The van der Waals surface area contributed by atoms with Gasteiger partial charge >= 0.3 is 6.01 Å². The third-order valence-electron chi connectivity index (χ3n) is 8.10. The van der Waals surface area contributed by atoms with Crippen molar-refractivity contribution < 1.29 is 17.9 Å². The van der Waals surface area contributed by atoms with Gasteiger partial charge < -0.3 is 15.0 Å². The number of halogens is 3. The minimum absolute atomic E-state index is 0.0391. The number of nitrogens with zero attached hydrogens (tertiary/aromatic N) is 5. The Morgan fingerprint density at radius 1 is 1.07 bits per heavy atom. The Kier molecular flexibility index (Phi) is 7.65. The van der Waals surface area contributed by atoms with E-state index in [2.05, 4.69) is 31.1 Å². The van der Waals surface area contributed by atoms with Crippen LogP contribution in [-0.2, 0) is 0 Å². The van der Waals surface area contributed by atoms with Crippen LogP contribution in [0, 0.1) is 24.0 Å². The second kappa shape index (κ2) is 11.5. The topological polar surface area (TPSA) is 66.4 Å². The van der Waals surface area contributed by atoms with Crippen LogP contribution < -0.4 is 15.0 Å². The predicted octanol–water partition coefficient (Wildman–Crippen LogP) is 4.72. The highest BCUT2D eigenvalue weighted by Gasteiger charge is 2.34. The Hall–Kier alpha value is -3.94. The molecule has 0 aliphatic carbocycles. The summed E-state index contributed by atoms with van der Waals surface area (Å²) in [5, 5.41) is 4.51. The summed E-state index contributed by atoms with van der Waals surface area (Å²) in [6.07, 6.45) is 10.0. The van der Waals surface area contributed by atoms with Gasteiger partial charge in [-0.3, -0.25) is 9.88 Å². The van der Waals surface area contributed by atoms with Gasteiger partial charge in [0.1, 0.15) is 29.0 Å². The molecule has 2 atom stereocenters. The van der Waals surface area contributed by atoms with Crippen molar-refractivity contribution in [2.75, 3.05) is 51.3 Å². The zero-order chi connectivity index (χ0) is 28.5. The normalized spacial score (nSPS) is 20.5. The van der Waals surface area contributed by atoms with Gasteiger partial charge in [0.25, 0.3) is 0 Å². The number of ether oxygens (including phenoxy) is 1. The molecule has 2 unspecified atom stereocenters. The minimum Gasteiger partial charge on any atom is -0.467 e. The molecule has 7 rings (SSSR count). The molecule has 0 radical (unpaired) electrons. The molecule has 4 aromatic rings. The average molecular weight is 561 g/mol. The lowest BCUT2D eigenvalue weighted by Gasteiger charge is -2.29. The molecule has 3 aliphatic heterocycles. The van der Waals surface area contributed by atoms with Crippen molar-refractivity contribution in [3.05, 3.63) is 53.7 Å². The van der Waals surface area contributed by atoms with Crippen LogP contribution >= 0.6 is 0 Å². The molecule has 3 aliphatic rings. The number of benzene rings is 2. The Labute approximate surface area is 236 Å². The van der Waals surface area contributed by atoms with Gasteiger partial charge in [0, 0.05) is 66.9 Å². The van der Waals surface area contributed by atoms with E-state index in [-0.39, 0.29) is 17.2 Å². The quantitative estimate of drug-likeness (QED) is 0.364. The van der Waals surface area contributed by atoms with Crippen molar-refractivity contribution in [3.63, 3.8) is 0 Å². The lowest BCUT2D eigenvalue weighted by Crippen LogP contribution is -2.44. The van der Waals surface area contributed by atoms with Crippen molar-refractivity contribution >= 4 is 27.5 Å². The molecular weight excluding hydrogens is 529 g/mol. The fourth-order valence-corrected chi connectivity index (χ4v) is 6.13. The highest BCUT2D eigenvalue weighted by molar-refractivity contribution is 6.02. The SMILES string of the molecule is C#Cc1ccc(F)c2cccc(-c3ncc4c(N5CCNCC5)nc(OC)nc4c3F)c12.FC1CC2CCCN2C1. The monoisotopic (exact) mass is 560 g/mol. The van der Waals surface area contributed by atoms with Crippen molar-refractivity contribution in [2.24, 2.45) is 0 Å². The number of rotatable bonds is 3. The smallest absolute Gasteiger partial charge is 0.318 e. The highest BCUT2D eigenvalue weighted by atomic mass is 19.1. The number of pyridine rings is 1. The van der Waals surface area contributed by atoms with Crippen LogP contribution in [0.4, 0.5) is 19.0 Å². The molecule has 1 N–H and O–H groups in total. The second-order valence-electron chi connectivity index (χ2n) is 10.5. The van der Waals surface area contributed by atoms with Gasteiger partial charge in [0.15, 0.2) is 5.82 Å². The molecular formula is C31H31F3N6O. The van der Waals surface area contributed by atoms with E-state index in [1.807, 2.05) is 4.90 Å². The summed E-state index contributed by atoms with van der Waals surface area (Å²) >= 11 is 0. The summed E-state index contributed by atoms with van der Waals surface area (Å²) in [5.41, 5.74) is 0.985. The van der Waals surface area contributed by atoms with E-state index in [0.717, 1.165) is 26.1 Å². The maximum atomic E-state index is 15.9. The summed E-state index contributed by atoms with van der Waals surface area (Å²) < 4.78 is 48.2. The molecule has 0 spiro atoms. The van der Waals surface area contributed by atoms with Gasteiger partial charge in [-0.1, -0.05) is 24.1 Å². The van der Waals surface area contributed by atoms with E-state index < -0.39 is 17.8 Å². The molecule has 3 saturated heterocycles. The van der Waals surface area contributed by atoms with Crippen LogP contribution in [0.5, 0.6) is 6.01 Å². The van der Waals surface area contributed by atoms with Gasteiger partial charge in [0.05, 0.1) is 12.5 Å². The first kappa shape index (κ1) is 27.2. The van der Waals surface area contributed by atoms with Gasteiger partial charge in [-0.05, 0) is 37.9 Å². The van der Waals surface area contributed by atoms with Crippen LogP contribution in [0.25, 0.3) is 32.9 Å². The van der Waals surface area contributed by atoms with Crippen molar-refractivity contribution in [2.45, 2.75) is 31.5 Å². The van der Waals surface area contributed by atoms with E-state index in [1.165, 1.54) is 32.1 Å². The fourth-order valence-electron chi connectivity index (χ4n) is 6.13. The van der Waals surface area contributed by atoms with Crippen LogP contribution in [0.2, 0.25) is 0 Å². The lowest BCUT2D eigenvalue weighted by molar-refractivity contribution is 0.292. The van der Waals surface area contributed by atoms with Gasteiger partial charge in [-0.15, -0.1) is 6.42 Å². The largest absolute Gasteiger partial charge is 0.467 e.